The Balaban J connectivity index is 2.03. The van der Waals surface area contributed by atoms with Gasteiger partial charge in [0.05, 0.1) is 7.11 Å². The Morgan fingerprint density at radius 1 is 1.24 bits per heavy atom. The van der Waals surface area contributed by atoms with Gasteiger partial charge in [-0.25, -0.2) is 9.59 Å². The van der Waals surface area contributed by atoms with Crippen LogP contribution in [0.15, 0.2) is 30.3 Å². The third kappa shape index (κ3) is 3.35. The highest BCUT2D eigenvalue weighted by Crippen LogP contribution is 2.29. The first-order valence-corrected chi connectivity index (χ1v) is 7.14. The molecule has 1 atom stereocenters. The Kier molecular flexibility index (Phi) is 4.83. The monoisotopic (exact) mass is 291 g/mol. The molecule has 1 heterocycles. The van der Waals surface area contributed by atoms with Crippen molar-refractivity contribution in [1.29, 1.82) is 0 Å². The molecular formula is C16H21NO4. The van der Waals surface area contributed by atoms with E-state index in [0.717, 1.165) is 18.4 Å². The van der Waals surface area contributed by atoms with E-state index in [1.165, 1.54) is 12.0 Å². The zero-order valence-corrected chi connectivity index (χ0v) is 12.5. The topological polar surface area (TPSA) is 55.8 Å². The van der Waals surface area contributed by atoms with Crippen molar-refractivity contribution >= 4 is 12.1 Å². The lowest BCUT2D eigenvalue weighted by Gasteiger charge is -2.41. The van der Waals surface area contributed by atoms with Crippen molar-refractivity contribution < 1.29 is 19.1 Å². The van der Waals surface area contributed by atoms with E-state index in [1.807, 2.05) is 30.3 Å². The van der Waals surface area contributed by atoms with Crippen molar-refractivity contribution in [2.45, 2.75) is 38.3 Å². The van der Waals surface area contributed by atoms with Gasteiger partial charge in [0.2, 0.25) is 0 Å². The van der Waals surface area contributed by atoms with Gasteiger partial charge in [0.1, 0.15) is 12.1 Å². The first-order valence-electron chi connectivity index (χ1n) is 7.14. The second kappa shape index (κ2) is 6.61. The largest absolute Gasteiger partial charge is 0.467 e. The van der Waals surface area contributed by atoms with Gasteiger partial charge in [-0.05, 0) is 31.7 Å². The van der Waals surface area contributed by atoms with E-state index in [4.69, 9.17) is 9.47 Å². The Morgan fingerprint density at radius 2 is 1.95 bits per heavy atom. The lowest BCUT2D eigenvalue weighted by Crippen LogP contribution is -2.58. The summed E-state index contributed by atoms with van der Waals surface area (Å²) in [5.74, 6) is -0.390. The molecule has 1 saturated heterocycles. The van der Waals surface area contributed by atoms with Gasteiger partial charge in [-0.1, -0.05) is 30.3 Å². The molecular weight excluding hydrogens is 270 g/mol. The fourth-order valence-corrected chi connectivity index (χ4v) is 2.64. The summed E-state index contributed by atoms with van der Waals surface area (Å²) in [6.45, 7) is 2.45. The first-order chi connectivity index (χ1) is 10.1. The van der Waals surface area contributed by atoms with Crippen LogP contribution in [-0.4, -0.2) is 36.2 Å². The number of hydrogen-bond acceptors (Lipinski definition) is 4. The van der Waals surface area contributed by atoms with Crippen LogP contribution in [0.5, 0.6) is 0 Å². The first kappa shape index (κ1) is 15.4. The SMILES string of the molecule is COC(=O)[C@@]1(C)CCCCN1C(=O)OCc1ccccc1. The molecule has 5 heteroatoms. The molecule has 0 N–H and O–H groups in total. The molecule has 0 bridgehead atoms. The minimum Gasteiger partial charge on any atom is -0.467 e. The van der Waals surface area contributed by atoms with Gasteiger partial charge in [-0.3, -0.25) is 4.90 Å². The van der Waals surface area contributed by atoms with Gasteiger partial charge < -0.3 is 9.47 Å². The highest BCUT2D eigenvalue weighted by Gasteiger charge is 2.45. The fourth-order valence-electron chi connectivity index (χ4n) is 2.64. The van der Waals surface area contributed by atoms with Gasteiger partial charge in [-0.2, -0.15) is 0 Å². The van der Waals surface area contributed by atoms with E-state index < -0.39 is 11.6 Å². The number of methoxy groups -OCH3 is 1. The van der Waals surface area contributed by atoms with E-state index in [1.54, 1.807) is 6.92 Å². The van der Waals surface area contributed by atoms with Gasteiger partial charge in [0.15, 0.2) is 0 Å². The number of hydrogen-bond donors (Lipinski definition) is 0. The molecule has 21 heavy (non-hydrogen) atoms. The predicted octanol–water partition coefficient (Wildman–Crippen LogP) is 2.74. The molecule has 0 aromatic heterocycles. The molecule has 1 aliphatic heterocycles. The smallest absolute Gasteiger partial charge is 0.411 e. The molecule has 0 unspecified atom stereocenters. The van der Waals surface area contributed by atoms with Gasteiger partial charge in [0.25, 0.3) is 0 Å². The van der Waals surface area contributed by atoms with Crippen LogP contribution in [0.4, 0.5) is 4.79 Å². The van der Waals surface area contributed by atoms with Crippen molar-refractivity contribution in [3.63, 3.8) is 0 Å². The summed E-state index contributed by atoms with van der Waals surface area (Å²) in [4.78, 5) is 25.8. The van der Waals surface area contributed by atoms with E-state index in [2.05, 4.69) is 0 Å². The van der Waals surface area contributed by atoms with Crippen LogP contribution in [0, 0.1) is 0 Å². The van der Waals surface area contributed by atoms with Gasteiger partial charge in [-0.15, -0.1) is 0 Å². The highest BCUT2D eigenvalue weighted by molar-refractivity contribution is 5.85. The summed E-state index contributed by atoms with van der Waals surface area (Å²) < 4.78 is 10.2. The Morgan fingerprint density at radius 3 is 2.62 bits per heavy atom. The number of rotatable bonds is 3. The maximum atomic E-state index is 12.3. The average molecular weight is 291 g/mol. The van der Waals surface area contributed by atoms with Crippen LogP contribution in [0.2, 0.25) is 0 Å². The van der Waals surface area contributed by atoms with Gasteiger partial charge >= 0.3 is 12.1 Å². The average Bonchev–Trinajstić information content (AvgIpc) is 2.53. The molecule has 0 saturated carbocycles. The molecule has 5 nitrogen and oxygen atoms in total. The van der Waals surface area contributed by atoms with Crippen LogP contribution in [0.1, 0.15) is 31.7 Å². The number of carbonyl (C=O) groups is 2. The molecule has 0 radical (unpaired) electrons. The Bertz CT molecular complexity index is 502. The fraction of sp³-hybridized carbons (Fsp3) is 0.500. The molecule has 1 aliphatic rings. The van der Waals surface area contributed by atoms with Crippen molar-refractivity contribution in [3.8, 4) is 0 Å². The number of ether oxygens (including phenoxy) is 2. The van der Waals surface area contributed by atoms with Crippen molar-refractivity contribution in [3.05, 3.63) is 35.9 Å². The zero-order valence-electron chi connectivity index (χ0n) is 12.5. The summed E-state index contributed by atoms with van der Waals surface area (Å²) in [6, 6.07) is 9.47. The third-order valence-electron chi connectivity index (χ3n) is 3.94. The maximum absolute atomic E-state index is 12.3. The van der Waals surface area contributed by atoms with E-state index in [-0.39, 0.29) is 12.6 Å². The van der Waals surface area contributed by atoms with Crippen LogP contribution in [0.3, 0.4) is 0 Å². The standard InChI is InChI=1S/C16H21NO4/c1-16(14(18)20-2)10-6-7-11-17(16)15(19)21-12-13-8-4-3-5-9-13/h3-5,8-9H,6-7,10-12H2,1-2H3/t16-/m1/s1. The second-order valence-corrected chi connectivity index (χ2v) is 5.41. The molecule has 2 rings (SSSR count). The third-order valence-corrected chi connectivity index (χ3v) is 3.94. The molecule has 114 valence electrons. The highest BCUT2D eigenvalue weighted by atomic mass is 16.6. The number of carbonyl (C=O) groups excluding carboxylic acids is 2. The summed E-state index contributed by atoms with van der Waals surface area (Å²) in [5.41, 5.74) is -0.0107. The molecule has 1 aromatic rings. The molecule has 1 aromatic carbocycles. The van der Waals surface area contributed by atoms with Crippen LogP contribution in [-0.2, 0) is 20.9 Å². The zero-order chi connectivity index (χ0) is 15.3. The minimum atomic E-state index is -0.930. The Hall–Kier alpha value is -2.04. The summed E-state index contributed by atoms with van der Waals surface area (Å²) >= 11 is 0. The van der Waals surface area contributed by atoms with E-state index in [9.17, 15) is 9.59 Å². The summed E-state index contributed by atoms with van der Waals surface area (Å²) in [5, 5.41) is 0. The number of nitrogens with zero attached hydrogens (tertiary/aromatic N) is 1. The lowest BCUT2D eigenvalue weighted by molar-refractivity contribution is -0.155. The quantitative estimate of drug-likeness (QED) is 0.804. The van der Waals surface area contributed by atoms with Crippen LogP contribution >= 0.6 is 0 Å². The molecule has 1 fully saturated rings. The number of likely N-dealkylation sites (tertiary alicyclic amines) is 1. The minimum absolute atomic E-state index is 0.202. The normalized spacial score (nSPS) is 21.7. The van der Waals surface area contributed by atoms with Crippen LogP contribution < -0.4 is 0 Å². The van der Waals surface area contributed by atoms with Crippen molar-refractivity contribution in [2.24, 2.45) is 0 Å². The van der Waals surface area contributed by atoms with Crippen molar-refractivity contribution in [1.82, 2.24) is 4.90 Å². The number of amides is 1. The number of piperidine rings is 1. The number of esters is 1. The van der Waals surface area contributed by atoms with E-state index >= 15 is 0 Å². The second-order valence-electron chi connectivity index (χ2n) is 5.41. The lowest BCUT2D eigenvalue weighted by atomic mass is 9.89. The molecule has 1 amide bonds. The van der Waals surface area contributed by atoms with Gasteiger partial charge in [0, 0.05) is 6.54 Å². The number of benzene rings is 1. The van der Waals surface area contributed by atoms with Crippen molar-refractivity contribution in [2.75, 3.05) is 13.7 Å². The predicted molar refractivity (Wildman–Crippen MR) is 77.6 cm³/mol. The molecule has 0 spiro atoms. The summed E-state index contributed by atoms with van der Waals surface area (Å²) in [6.07, 6.45) is 1.90. The van der Waals surface area contributed by atoms with Crippen LogP contribution in [0.25, 0.3) is 0 Å². The maximum Gasteiger partial charge on any atom is 0.411 e. The van der Waals surface area contributed by atoms with E-state index in [0.29, 0.717) is 13.0 Å². The Labute approximate surface area is 124 Å². The molecule has 0 aliphatic carbocycles. The summed E-state index contributed by atoms with van der Waals surface area (Å²) in [7, 11) is 1.34.